The van der Waals surface area contributed by atoms with Crippen molar-refractivity contribution in [2.45, 2.75) is 14.7 Å². The van der Waals surface area contributed by atoms with Gasteiger partial charge in [-0.3, -0.25) is 9.97 Å². The molecule has 4 nitrogen and oxygen atoms in total. The van der Waals surface area contributed by atoms with Crippen LogP contribution in [0, 0.1) is 0 Å². The van der Waals surface area contributed by atoms with E-state index in [2.05, 4.69) is 9.97 Å². The predicted molar refractivity (Wildman–Crippen MR) is 121 cm³/mol. The summed E-state index contributed by atoms with van der Waals surface area (Å²) >= 11 is 1.93. The third kappa shape index (κ3) is 3.61. The Bertz CT molecular complexity index is 1340. The summed E-state index contributed by atoms with van der Waals surface area (Å²) in [6.07, 6.45) is 3.44. The SMILES string of the molecule is [O-]Sc1cnc2ccccc2c1Sc1cnc2ccccc2c1Oc1ccccc1. The van der Waals surface area contributed by atoms with Crippen molar-refractivity contribution in [1.29, 1.82) is 0 Å². The van der Waals surface area contributed by atoms with Crippen LogP contribution in [0.2, 0.25) is 0 Å². The van der Waals surface area contributed by atoms with Crippen LogP contribution in [0.4, 0.5) is 0 Å². The Kier molecular flexibility index (Phi) is 5.27. The third-order valence-corrected chi connectivity index (χ3v) is 6.42. The predicted octanol–water partition coefficient (Wildman–Crippen LogP) is 6.95. The second kappa shape index (κ2) is 8.36. The Hall–Kier alpha value is -3.06. The number of para-hydroxylation sites is 3. The maximum Gasteiger partial charge on any atom is 0.152 e. The van der Waals surface area contributed by atoms with Crippen molar-refractivity contribution in [2.24, 2.45) is 0 Å². The summed E-state index contributed by atoms with van der Waals surface area (Å²) in [5.74, 6) is 1.47. The summed E-state index contributed by atoms with van der Waals surface area (Å²) in [5, 5.41) is 1.85. The zero-order chi connectivity index (χ0) is 20.3. The van der Waals surface area contributed by atoms with Crippen molar-refractivity contribution in [3.8, 4) is 11.5 Å². The molecule has 0 saturated carbocycles. The highest BCUT2D eigenvalue weighted by atomic mass is 32.2. The molecule has 2 heterocycles. The molecule has 0 atom stereocenters. The summed E-state index contributed by atoms with van der Waals surface area (Å²) in [4.78, 5) is 11.3. The van der Waals surface area contributed by atoms with Gasteiger partial charge in [-0.1, -0.05) is 60.3 Å². The first-order valence-electron chi connectivity index (χ1n) is 9.29. The van der Waals surface area contributed by atoms with E-state index in [4.69, 9.17) is 4.74 Å². The van der Waals surface area contributed by atoms with Crippen LogP contribution in [-0.2, 0) is 0 Å². The highest BCUT2D eigenvalue weighted by molar-refractivity contribution is 8.01. The minimum Gasteiger partial charge on any atom is -0.795 e. The van der Waals surface area contributed by atoms with Crippen LogP contribution < -0.4 is 4.74 Å². The van der Waals surface area contributed by atoms with E-state index in [1.165, 1.54) is 11.8 Å². The number of pyridine rings is 2. The number of fused-ring (bicyclic) bond motifs is 2. The molecule has 0 aliphatic rings. The van der Waals surface area contributed by atoms with E-state index in [0.29, 0.717) is 16.9 Å². The van der Waals surface area contributed by atoms with Gasteiger partial charge in [0, 0.05) is 33.0 Å². The van der Waals surface area contributed by atoms with E-state index in [-0.39, 0.29) is 0 Å². The average Bonchev–Trinajstić information content (AvgIpc) is 2.81. The number of hydrogen-bond donors (Lipinski definition) is 0. The molecule has 0 saturated heterocycles. The maximum absolute atomic E-state index is 11.8. The van der Waals surface area contributed by atoms with Gasteiger partial charge >= 0.3 is 0 Å². The van der Waals surface area contributed by atoms with E-state index in [0.717, 1.165) is 43.1 Å². The second-order valence-electron chi connectivity index (χ2n) is 6.54. The van der Waals surface area contributed by atoms with Gasteiger partial charge in [0.2, 0.25) is 0 Å². The van der Waals surface area contributed by atoms with Gasteiger partial charge in [0.15, 0.2) is 5.75 Å². The fraction of sp³-hybridized carbons (Fsp3) is 0. The number of nitrogens with zero attached hydrogens (tertiary/aromatic N) is 2. The van der Waals surface area contributed by atoms with Crippen molar-refractivity contribution >= 4 is 45.6 Å². The number of ether oxygens (including phenoxy) is 1. The minimum absolute atomic E-state index is 0.448. The van der Waals surface area contributed by atoms with E-state index in [9.17, 15) is 4.55 Å². The lowest BCUT2D eigenvalue weighted by Gasteiger charge is -2.17. The smallest absolute Gasteiger partial charge is 0.152 e. The fourth-order valence-electron chi connectivity index (χ4n) is 3.25. The lowest BCUT2D eigenvalue weighted by molar-refractivity contribution is 0.476. The summed E-state index contributed by atoms with van der Waals surface area (Å²) in [7, 11) is 0. The molecule has 0 aliphatic heterocycles. The third-order valence-electron chi connectivity index (χ3n) is 4.65. The Morgan fingerprint density at radius 3 is 2.00 bits per heavy atom. The van der Waals surface area contributed by atoms with Gasteiger partial charge in [-0.25, -0.2) is 12.0 Å². The molecule has 0 N–H and O–H groups in total. The lowest BCUT2D eigenvalue weighted by Crippen LogP contribution is -1.92. The van der Waals surface area contributed by atoms with Gasteiger partial charge in [-0.05, 0) is 30.3 Å². The summed E-state index contributed by atoms with van der Waals surface area (Å²) in [5.41, 5.74) is 1.70. The number of benzene rings is 3. The molecule has 0 aliphatic carbocycles. The number of aromatic nitrogens is 2. The first-order chi connectivity index (χ1) is 14.8. The summed E-state index contributed by atoms with van der Waals surface area (Å²) in [6, 6.07) is 25.4. The quantitative estimate of drug-likeness (QED) is 0.283. The molecule has 0 radical (unpaired) electrons. The molecule has 30 heavy (non-hydrogen) atoms. The molecule has 0 amide bonds. The minimum atomic E-state index is 0.448. The van der Waals surface area contributed by atoms with Gasteiger partial charge < -0.3 is 9.29 Å². The molecule has 0 unspecified atom stereocenters. The van der Waals surface area contributed by atoms with Crippen LogP contribution in [0.25, 0.3) is 21.8 Å². The average molecular weight is 428 g/mol. The van der Waals surface area contributed by atoms with E-state index < -0.39 is 0 Å². The molecule has 0 bridgehead atoms. The molecule has 5 rings (SSSR count). The van der Waals surface area contributed by atoms with E-state index >= 15 is 0 Å². The van der Waals surface area contributed by atoms with Gasteiger partial charge in [0.25, 0.3) is 0 Å². The Labute approximate surface area is 182 Å². The zero-order valence-corrected chi connectivity index (χ0v) is 17.3. The maximum atomic E-state index is 11.8. The van der Waals surface area contributed by atoms with Crippen LogP contribution in [0.5, 0.6) is 11.5 Å². The lowest BCUT2D eigenvalue weighted by atomic mass is 10.2. The highest BCUT2D eigenvalue weighted by Crippen LogP contribution is 2.45. The van der Waals surface area contributed by atoms with Crippen molar-refractivity contribution in [3.05, 3.63) is 91.3 Å². The van der Waals surface area contributed by atoms with Crippen molar-refractivity contribution in [1.82, 2.24) is 9.97 Å². The standard InChI is InChI=1S/C24H16N2O2S2/c27-30-22-15-26-20-13-7-5-11-18(20)24(22)29-21-14-25-19-12-6-4-10-17(19)23(21)28-16-8-2-1-3-9-16/h1-15,27H/p-1. The Balaban J connectivity index is 1.69. The first-order valence-corrected chi connectivity index (χ1v) is 10.9. The molecule has 0 spiro atoms. The van der Waals surface area contributed by atoms with Crippen LogP contribution >= 0.6 is 23.8 Å². The molecular formula is C24H15N2O2S2-. The van der Waals surface area contributed by atoms with Crippen LogP contribution in [0.3, 0.4) is 0 Å². The largest absolute Gasteiger partial charge is 0.795 e. The van der Waals surface area contributed by atoms with Crippen LogP contribution in [0.1, 0.15) is 0 Å². The van der Waals surface area contributed by atoms with Crippen LogP contribution in [-0.4, -0.2) is 14.5 Å². The first kappa shape index (κ1) is 18.9. The Morgan fingerprint density at radius 1 is 0.667 bits per heavy atom. The molecule has 0 fully saturated rings. The van der Waals surface area contributed by atoms with Gasteiger partial charge in [-0.15, -0.1) is 0 Å². The summed E-state index contributed by atoms with van der Waals surface area (Å²) < 4.78 is 18.1. The number of rotatable bonds is 5. The molecule has 5 aromatic rings. The van der Waals surface area contributed by atoms with E-state index in [1.807, 2.05) is 78.9 Å². The number of hydrogen-bond acceptors (Lipinski definition) is 6. The van der Waals surface area contributed by atoms with Gasteiger partial charge in [0.1, 0.15) is 5.75 Å². The van der Waals surface area contributed by atoms with E-state index in [1.54, 1.807) is 12.4 Å². The molecule has 3 aromatic carbocycles. The van der Waals surface area contributed by atoms with Gasteiger partial charge in [-0.2, -0.15) is 0 Å². The summed E-state index contributed by atoms with van der Waals surface area (Å²) in [6.45, 7) is 0. The monoisotopic (exact) mass is 427 g/mol. The van der Waals surface area contributed by atoms with Crippen molar-refractivity contribution in [3.63, 3.8) is 0 Å². The zero-order valence-electron chi connectivity index (χ0n) is 15.7. The molecule has 6 heteroatoms. The highest BCUT2D eigenvalue weighted by Gasteiger charge is 2.16. The molecule has 2 aromatic heterocycles. The van der Waals surface area contributed by atoms with Crippen molar-refractivity contribution < 1.29 is 9.29 Å². The molecule has 146 valence electrons. The topological polar surface area (TPSA) is 58.1 Å². The molecular weight excluding hydrogens is 412 g/mol. The van der Waals surface area contributed by atoms with Crippen LogP contribution in [0.15, 0.2) is 106 Å². The Morgan fingerprint density at radius 2 is 1.27 bits per heavy atom. The second-order valence-corrected chi connectivity index (χ2v) is 8.20. The van der Waals surface area contributed by atoms with Crippen molar-refractivity contribution in [2.75, 3.05) is 0 Å². The van der Waals surface area contributed by atoms with Gasteiger partial charge in [0.05, 0.1) is 15.9 Å². The normalized spacial score (nSPS) is 11.1. The fourth-order valence-corrected chi connectivity index (χ4v) is 4.77.